The van der Waals surface area contributed by atoms with Gasteiger partial charge in [0.2, 0.25) is 59.1 Å². The molecule has 10 atom stereocenters. The average Bonchev–Trinajstić information content (AvgIpc) is 1.69. The number of fused-ring (bicyclic) bond motifs is 1. The molecule has 3 aliphatic rings. The second-order valence-corrected chi connectivity index (χ2v) is 30.0. The lowest BCUT2D eigenvalue weighted by Gasteiger charge is -2.31. The Bertz CT molecular complexity index is 4070. The van der Waals surface area contributed by atoms with Gasteiger partial charge in [-0.2, -0.15) is 0 Å². The summed E-state index contributed by atoms with van der Waals surface area (Å²) < 4.78 is 0. The van der Waals surface area contributed by atoms with Crippen molar-refractivity contribution in [2.24, 2.45) is 0 Å². The van der Waals surface area contributed by atoms with E-state index in [4.69, 9.17) is 0 Å². The van der Waals surface area contributed by atoms with Gasteiger partial charge in [-0.25, -0.2) is 0 Å². The third-order valence-corrected chi connectivity index (χ3v) is 21.3. The van der Waals surface area contributed by atoms with Crippen molar-refractivity contribution >= 4 is 75.8 Å². The van der Waals surface area contributed by atoms with Gasteiger partial charge in [-0.3, -0.25) is 52.7 Å². The molecule has 26 nitrogen and oxygen atoms in total. The van der Waals surface area contributed by atoms with Crippen molar-refractivity contribution in [1.82, 2.24) is 63.4 Å². The molecular weight excluding hydrogens is 1430 g/mol. The van der Waals surface area contributed by atoms with Gasteiger partial charge in [-0.1, -0.05) is 184 Å². The summed E-state index contributed by atoms with van der Waals surface area (Å²) in [7, 11) is 0. The van der Waals surface area contributed by atoms with Crippen molar-refractivity contribution in [3.63, 3.8) is 0 Å². The van der Waals surface area contributed by atoms with Crippen LogP contribution in [0, 0.1) is 0 Å². The summed E-state index contributed by atoms with van der Waals surface area (Å²) in [5, 5.41) is 65.2. The largest absolute Gasteiger partial charge is 0.508 e. The van der Waals surface area contributed by atoms with Crippen LogP contribution >= 0.6 is 0 Å². The number of carboxylic acid groups (broad SMARTS) is 1. The van der Waals surface area contributed by atoms with Gasteiger partial charge in [0.1, 0.15) is 66.2 Å². The number of rotatable bonds is 42. The van der Waals surface area contributed by atoms with Crippen LogP contribution in [0.3, 0.4) is 0 Å². The standard InChI is InChI=1S/C86H112N12O14/c1-56(86(111)112)89-84(109)76-39-24-48-98(76)85(110)69(38-21-23-47-88-66-35-16-7-17-36-66)92-80(105)71(50-58-25-8-3-9-26-58)93-77(102)68(37-20-22-46-87-65-33-14-6-15-34-65)91-79(104)74(53-61-41-44-67(101)45-42-61)96-83(108)75(55-99)97-82(107)73(52-60-29-12-5-13-30-60)95-81(106)72(51-59-27-10-4-11-28-59)94-78(103)70(90-57(2)100)54-62-40-43-63-31-18-19-32-64(63)49-62/h3-5,8-13,18-19,25-32,40-45,49,56,65-66,68-76,87-88,99,101H,6-7,14-17,20-24,33-39,46-48,50-55H2,1-2H3,(H,89,109)(H,90,100)(H,91,104)(H,92,105)(H,93,102)(H,94,103)(H,95,106)(H,96,108)(H,97,107)(H,111,112)/t56-,68-,69+,70-,71+,72-,73-,74+,75+,76-/m1/s1. The van der Waals surface area contributed by atoms with Gasteiger partial charge < -0.3 is 78.7 Å². The second-order valence-electron chi connectivity index (χ2n) is 30.0. The number of aliphatic carboxylic acids is 1. The molecule has 10 amide bonds. The predicted octanol–water partition coefficient (Wildman–Crippen LogP) is 5.71. The van der Waals surface area contributed by atoms with Gasteiger partial charge in [0, 0.05) is 57.7 Å². The molecular formula is C86H112N12O14. The van der Waals surface area contributed by atoms with Crippen LogP contribution in [0.5, 0.6) is 5.75 Å². The van der Waals surface area contributed by atoms with Gasteiger partial charge in [0.25, 0.3) is 0 Å². The highest BCUT2D eigenvalue weighted by Gasteiger charge is 2.41. The maximum atomic E-state index is 15.3. The van der Waals surface area contributed by atoms with Gasteiger partial charge in [0.15, 0.2) is 0 Å². The van der Waals surface area contributed by atoms with E-state index in [1.54, 1.807) is 91.0 Å². The fourth-order valence-electron chi connectivity index (χ4n) is 15.0. The molecule has 0 unspecified atom stereocenters. The zero-order chi connectivity index (χ0) is 79.7. The van der Waals surface area contributed by atoms with E-state index in [2.05, 4.69) is 58.5 Å². The number of benzene rings is 6. The minimum atomic E-state index is -1.78. The van der Waals surface area contributed by atoms with Crippen LogP contribution in [0.2, 0.25) is 0 Å². The number of phenolic OH excluding ortho intramolecular Hbond substituents is 1. The summed E-state index contributed by atoms with van der Waals surface area (Å²) in [5.41, 5.74) is 3.06. The monoisotopic (exact) mass is 1540 g/mol. The van der Waals surface area contributed by atoms with Crippen molar-refractivity contribution in [1.29, 1.82) is 0 Å². The number of aromatic hydroxyl groups is 1. The maximum Gasteiger partial charge on any atom is 0.325 e. The number of phenols is 1. The highest BCUT2D eigenvalue weighted by Crippen LogP contribution is 2.24. The Labute approximate surface area is 655 Å². The number of carbonyl (C=O) groups is 11. The summed E-state index contributed by atoms with van der Waals surface area (Å²) in [4.78, 5) is 159. The molecule has 1 saturated heterocycles. The van der Waals surface area contributed by atoms with Crippen molar-refractivity contribution in [2.75, 3.05) is 26.2 Å². The fraction of sp³-hybridized carbons (Fsp3) is 0.477. The van der Waals surface area contributed by atoms with E-state index in [1.807, 2.05) is 42.5 Å². The van der Waals surface area contributed by atoms with E-state index in [0.29, 0.717) is 79.5 Å². The first kappa shape index (κ1) is 85.4. The molecule has 1 aliphatic heterocycles. The number of unbranched alkanes of at least 4 members (excludes halogenated alkanes) is 2. The zero-order valence-corrected chi connectivity index (χ0v) is 64.3. The first-order valence-corrected chi connectivity index (χ1v) is 39.8. The number of hydrogen-bond acceptors (Lipinski definition) is 15. The summed E-state index contributed by atoms with van der Waals surface area (Å²) in [5.74, 6) is -8.82. The number of aliphatic hydroxyl groups is 1. The molecule has 0 spiro atoms. The van der Waals surface area contributed by atoms with Gasteiger partial charge >= 0.3 is 5.97 Å². The van der Waals surface area contributed by atoms with E-state index in [9.17, 15) is 53.7 Å². The van der Waals surface area contributed by atoms with Crippen molar-refractivity contribution in [2.45, 2.75) is 234 Å². The molecule has 0 radical (unpaired) electrons. The fourth-order valence-corrected chi connectivity index (χ4v) is 15.0. The lowest BCUT2D eigenvalue weighted by atomic mass is 9.95. The summed E-state index contributed by atoms with van der Waals surface area (Å²) >= 11 is 0. The smallest absolute Gasteiger partial charge is 0.325 e. The second kappa shape index (κ2) is 44.5. The molecule has 9 rings (SSSR count). The van der Waals surface area contributed by atoms with E-state index in [-0.39, 0.29) is 63.7 Å². The number of carbonyl (C=O) groups excluding carboxylic acids is 10. The zero-order valence-electron chi connectivity index (χ0n) is 64.3. The highest BCUT2D eigenvalue weighted by molar-refractivity contribution is 5.99. The third-order valence-electron chi connectivity index (χ3n) is 21.3. The molecule has 0 aromatic heterocycles. The van der Waals surface area contributed by atoms with Crippen molar-refractivity contribution < 1.29 is 68.1 Å². The van der Waals surface area contributed by atoms with E-state index >= 15 is 14.4 Å². The Morgan fingerprint density at radius 2 is 0.768 bits per heavy atom. The molecule has 6 aromatic carbocycles. The van der Waals surface area contributed by atoms with Crippen LogP contribution < -0.4 is 58.5 Å². The van der Waals surface area contributed by atoms with Gasteiger partial charge in [0.05, 0.1) is 6.61 Å². The molecule has 600 valence electrons. The summed E-state index contributed by atoms with van der Waals surface area (Å²) in [6.07, 6.45) is 13.7. The Morgan fingerprint density at radius 1 is 0.393 bits per heavy atom. The SMILES string of the molecule is CC(=O)N[C@H](Cc1ccc2ccccc2c1)C(=O)N[C@H](Cc1ccccc1)C(=O)N[C@H](Cc1ccccc1)C(=O)N[C@@H](CO)C(=O)N[C@@H](Cc1ccc(O)cc1)C(=O)N[C@H](CCCCNC1CCCCC1)C(=O)N[C@@H](Cc1ccccc1)C(=O)N[C@@H](CCCCNC1CCCCC1)C(=O)N1CCC[C@@H]1C(=O)N[C@H](C)C(=O)O. The van der Waals surface area contributed by atoms with E-state index in [0.717, 1.165) is 74.1 Å². The Morgan fingerprint density at radius 3 is 1.22 bits per heavy atom. The minimum Gasteiger partial charge on any atom is -0.508 e. The number of aliphatic hydroxyl groups excluding tert-OH is 1. The van der Waals surface area contributed by atoms with Crippen molar-refractivity contribution in [3.05, 3.63) is 186 Å². The highest BCUT2D eigenvalue weighted by atomic mass is 16.4. The molecule has 0 bridgehead atoms. The predicted molar refractivity (Wildman–Crippen MR) is 426 cm³/mol. The molecule has 2 aliphatic carbocycles. The van der Waals surface area contributed by atoms with Crippen LogP contribution in [0.1, 0.15) is 157 Å². The van der Waals surface area contributed by atoms with E-state index < -0.39 is 132 Å². The number of carboxylic acids is 1. The van der Waals surface area contributed by atoms with Crippen molar-refractivity contribution in [3.8, 4) is 5.75 Å². The van der Waals surface area contributed by atoms with Crippen LogP contribution in [0.25, 0.3) is 10.8 Å². The summed E-state index contributed by atoms with van der Waals surface area (Å²) in [6, 6.07) is 33.0. The first-order chi connectivity index (χ1) is 54.2. The summed E-state index contributed by atoms with van der Waals surface area (Å²) in [6.45, 7) is 3.06. The molecule has 3 fully saturated rings. The molecule has 6 aromatic rings. The number of likely N-dealkylation sites (tertiary alicyclic amines) is 1. The van der Waals surface area contributed by atoms with Gasteiger partial charge in [-0.05, 0) is 148 Å². The quantitative estimate of drug-likeness (QED) is 0.0204. The third kappa shape index (κ3) is 27.4. The van der Waals surface area contributed by atoms with Crippen LogP contribution in [0.15, 0.2) is 158 Å². The normalized spacial score (nSPS) is 17.0. The molecule has 14 N–H and O–H groups in total. The average molecular weight is 1540 g/mol. The van der Waals surface area contributed by atoms with Crippen LogP contribution in [-0.4, -0.2) is 184 Å². The van der Waals surface area contributed by atoms with Crippen LogP contribution in [-0.2, 0) is 84.8 Å². The number of nitrogens with zero attached hydrogens (tertiary/aromatic N) is 1. The lowest BCUT2D eigenvalue weighted by molar-refractivity contribution is -0.144. The molecule has 1 heterocycles. The Kier molecular flexibility index (Phi) is 33.9. The van der Waals surface area contributed by atoms with E-state index in [1.165, 1.54) is 49.4 Å². The Hall–Kier alpha value is -10.6. The Balaban J connectivity index is 0.955. The minimum absolute atomic E-state index is 0.0410. The molecule has 2 saturated carbocycles. The lowest BCUT2D eigenvalue weighted by Crippen LogP contribution is -2.61. The topological polar surface area (TPSA) is 384 Å². The maximum absolute atomic E-state index is 15.3. The number of nitrogens with one attached hydrogen (secondary N) is 11. The number of hydrogen-bond donors (Lipinski definition) is 14. The van der Waals surface area contributed by atoms with Gasteiger partial charge in [-0.15, -0.1) is 0 Å². The molecule has 26 heteroatoms. The first-order valence-electron chi connectivity index (χ1n) is 39.8. The van der Waals surface area contributed by atoms with Crippen LogP contribution in [0.4, 0.5) is 0 Å². The number of amides is 10. The molecule has 112 heavy (non-hydrogen) atoms.